The summed E-state index contributed by atoms with van der Waals surface area (Å²) in [6, 6.07) is 12.6. The molecule has 5 heteroatoms. The van der Waals surface area contributed by atoms with E-state index < -0.39 is 0 Å². The molecule has 0 aliphatic carbocycles. The molecule has 4 nitrogen and oxygen atoms in total. The van der Waals surface area contributed by atoms with E-state index in [1.165, 1.54) is 0 Å². The van der Waals surface area contributed by atoms with Crippen LogP contribution in [0, 0.1) is 0 Å². The van der Waals surface area contributed by atoms with Crippen LogP contribution in [0.3, 0.4) is 0 Å². The van der Waals surface area contributed by atoms with Crippen LogP contribution >= 0.6 is 15.9 Å². The molecule has 0 saturated heterocycles. The van der Waals surface area contributed by atoms with E-state index >= 15 is 0 Å². The summed E-state index contributed by atoms with van der Waals surface area (Å²) in [6.07, 6.45) is 0.0861. The molecule has 0 saturated carbocycles. The third kappa shape index (κ3) is 4.99. The Kier molecular flexibility index (Phi) is 6.04. The van der Waals surface area contributed by atoms with Gasteiger partial charge in [-0.05, 0) is 67.0 Å². The minimum atomic E-state index is -0.185. The van der Waals surface area contributed by atoms with Crippen LogP contribution in [0.1, 0.15) is 31.1 Å². The van der Waals surface area contributed by atoms with E-state index in [-0.39, 0.29) is 12.0 Å². The molecule has 0 aromatic heterocycles. The fraction of sp³-hybridized carbons (Fsp3) is 0.278. The number of halogens is 1. The van der Waals surface area contributed by atoms with Gasteiger partial charge < -0.3 is 14.8 Å². The van der Waals surface area contributed by atoms with Crippen LogP contribution in [-0.4, -0.2) is 18.6 Å². The molecule has 0 spiro atoms. The lowest BCUT2D eigenvalue weighted by atomic mass is 10.2. The van der Waals surface area contributed by atoms with Crippen LogP contribution in [0.2, 0.25) is 0 Å². The lowest BCUT2D eigenvalue weighted by molar-refractivity contribution is 0.102. The molecular formula is C18H20BrNO3. The number of carbonyl (C=O) groups excluding carboxylic acids is 1. The number of rotatable bonds is 6. The number of amides is 1. The summed E-state index contributed by atoms with van der Waals surface area (Å²) in [5.74, 6) is 1.26. The summed E-state index contributed by atoms with van der Waals surface area (Å²) < 4.78 is 11.8. The summed E-state index contributed by atoms with van der Waals surface area (Å²) >= 11 is 3.42. The van der Waals surface area contributed by atoms with E-state index in [0.29, 0.717) is 17.9 Å². The maximum atomic E-state index is 12.4. The van der Waals surface area contributed by atoms with Crippen molar-refractivity contribution in [2.45, 2.75) is 26.9 Å². The van der Waals surface area contributed by atoms with Gasteiger partial charge >= 0.3 is 0 Å². The number of carbonyl (C=O) groups is 1. The van der Waals surface area contributed by atoms with Gasteiger partial charge in [-0.2, -0.15) is 0 Å². The van der Waals surface area contributed by atoms with Crippen LogP contribution in [0.15, 0.2) is 46.9 Å². The summed E-state index contributed by atoms with van der Waals surface area (Å²) in [5.41, 5.74) is 1.24. The molecule has 0 fully saturated rings. The number of hydrogen-bond donors (Lipinski definition) is 1. The van der Waals surface area contributed by atoms with Gasteiger partial charge in [0, 0.05) is 17.3 Å². The first-order valence-electron chi connectivity index (χ1n) is 7.50. The number of ether oxygens (including phenoxy) is 2. The SMILES string of the molecule is CCOc1ccc(C(=O)Nc2cccc(OC(C)C)c2)cc1Br. The molecular weight excluding hydrogens is 358 g/mol. The smallest absolute Gasteiger partial charge is 0.255 e. The zero-order valence-electron chi connectivity index (χ0n) is 13.4. The molecule has 1 N–H and O–H groups in total. The van der Waals surface area contributed by atoms with Crippen molar-refractivity contribution < 1.29 is 14.3 Å². The zero-order chi connectivity index (χ0) is 16.8. The van der Waals surface area contributed by atoms with Crippen LogP contribution in [0.5, 0.6) is 11.5 Å². The normalized spacial score (nSPS) is 10.5. The Hall–Kier alpha value is -2.01. The van der Waals surface area contributed by atoms with Gasteiger partial charge in [-0.1, -0.05) is 6.07 Å². The highest BCUT2D eigenvalue weighted by Gasteiger charge is 2.10. The second kappa shape index (κ2) is 8.02. The van der Waals surface area contributed by atoms with E-state index in [1.54, 1.807) is 18.2 Å². The highest BCUT2D eigenvalue weighted by Crippen LogP contribution is 2.26. The summed E-state index contributed by atoms with van der Waals surface area (Å²) in [4.78, 5) is 12.4. The highest BCUT2D eigenvalue weighted by atomic mass is 79.9. The van der Waals surface area contributed by atoms with Crippen molar-refractivity contribution in [3.8, 4) is 11.5 Å². The lowest BCUT2D eigenvalue weighted by Gasteiger charge is -2.12. The number of benzene rings is 2. The van der Waals surface area contributed by atoms with Crippen LogP contribution in [0.25, 0.3) is 0 Å². The van der Waals surface area contributed by atoms with E-state index in [1.807, 2.05) is 45.0 Å². The Morgan fingerprint density at radius 1 is 1.22 bits per heavy atom. The Morgan fingerprint density at radius 2 is 2.00 bits per heavy atom. The molecule has 0 radical (unpaired) electrons. The average Bonchev–Trinajstić information content (AvgIpc) is 2.49. The molecule has 0 aliphatic rings. The minimum Gasteiger partial charge on any atom is -0.493 e. The topological polar surface area (TPSA) is 47.6 Å². The van der Waals surface area contributed by atoms with Gasteiger partial charge in [0.2, 0.25) is 0 Å². The minimum absolute atomic E-state index is 0.0861. The fourth-order valence-electron chi connectivity index (χ4n) is 2.04. The Morgan fingerprint density at radius 3 is 2.65 bits per heavy atom. The van der Waals surface area contributed by atoms with Crippen molar-refractivity contribution in [1.82, 2.24) is 0 Å². The maximum Gasteiger partial charge on any atom is 0.255 e. The molecule has 0 aliphatic heterocycles. The molecule has 2 aromatic carbocycles. The molecule has 2 rings (SSSR count). The third-order valence-electron chi connectivity index (χ3n) is 2.96. The molecule has 0 unspecified atom stereocenters. The van der Waals surface area contributed by atoms with Gasteiger partial charge in [0.15, 0.2) is 0 Å². The van der Waals surface area contributed by atoms with E-state index in [0.717, 1.165) is 16.0 Å². The Balaban J connectivity index is 2.11. The molecule has 0 heterocycles. The van der Waals surface area contributed by atoms with Crippen molar-refractivity contribution in [3.05, 3.63) is 52.5 Å². The van der Waals surface area contributed by atoms with Gasteiger partial charge in [0.05, 0.1) is 17.2 Å². The van der Waals surface area contributed by atoms with E-state index in [9.17, 15) is 4.79 Å². The molecule has 0 atom stereocenters. The average molecular weight is 378 g/mol. The molecule has 23 heavy (non-hydrogen) atoms. The van der Waals surface area contributed by atoms with Crippen molar-refractivity contribution in [2.75, 3.05) is 11.9 Å². The second-order valence-electron chi connectivity index (χ2n) is 5.23. The molecule has 1 amide bonds. The quantitative estimate of drug-likeness (QED) is 0.779. The highest BCUT2D eigenvalue weighted by molar-refractivity contribution is 9.10. The summed E-state index contributed by atoms with van der Waals surface area (Å²) in [6.45, 7) is 6.41. The maximum absolute atomic E-state index is 12.4. The second-order valence-corrected chi connectivity index (χ2v) is 6.08. The first-order valence-corrected chi connectivity index (χ1v) is 8.29. The zero-order valence-corrected chi connectivity index (χ0v) is 15.0. The van der Waals surface area contributed by atoms with E-state index in [2.05, 4.69) is 21.2 Å². The molecule has 2 aromatic rings. The van der Waals surface area contributed by atoms with Crippen LogP contribution < -0.4 is 14.8 Å². The van der Waals surface area contributed by atoms with Crippen molar-refractivity contribution in [3.63, 3.8) is 0 Å². The predicted octanol–water partition coefficient (Wildman–Crippen LogP) is 4.89. The van der Waals surface area contributed by atoms with Gasteiger partial charge in [-0.3, -0.25) is 4.79 Å². The summed E-state index contributed by atoms with van der Waals surface area (Å²) in [7, 11) is 0. The van der Waals surface area contributed by atoms with Crippen molar-refractivity contribution in [2.24, 2.45) is 0 Å². The fourth-order valence-corrected chi connectivity index (χ4v) is 2.53. The van der Waals surface area contributed by atoms with Crippen molar-refractivity contribution in [1.29, 1.82) is 0 Å². The molecule has 122 valence electrons. The predicted molar refractivity (Wildman–Crippen MR) is 95.5 cm³/mol. The van der Waals surface area contributed by atoms with Crippen molar-refractivity contribution >= 4 is 27.5 Å². The Labute approximate surface area is 144 Å². The largest absolute Gasteiger partial charge is 0.493 e. The standard InChI is InChI=1S/C18H20BrNO3/c1-4-22-17-9-8-13(10-16(17)19)18(21)20-14-6-5-7-15(11-14)23-12(2)3/h5-12H,4H2,1-3H3,(H,20,21). The van der Waals surface area contributed by atoms with Gasteiger partial charge in [-0.15, -0.1) is 0 Å². The first kappa shape index (κ1) is 17.3. The third-order valence-corrected chi connectivity index (χ3v) is 3.58. The number of hydrogen-bond acceptors (Lipinski definition) is 3. The Bertz CT molecular complexity index is 686. The van der Waals surface area contributed by atoms with Gasteiger partial charge in [-0.25, -0.2) is 0 Å². The van der Waals surface area contributed by atoms with Gasteiger partial charge in [0.1, 0.15) is 11.5 Å². The van der Waals surface area contributed by atoms with Crippen LogP contribution in [-0.2, 0) is 0 Å². The number of nitrogens with one attached hydrogen (secondary N) is 1. The first-order chi connectivity index (χ1) is 11.0. The van der Waals surface area contributed by atoms with Crippen LogP contribution in [0.4, 0.5) is 5.69 Å². The monoisotopic (exact) mass is 377 g/mol. The number of anilines is 1. The van der Waals surface area contributed by atoms with E-state index in [4.69, 9.17) is 9.47 Å². The summed E-state index contributed by atoms with van der Waals surface area (Å²) in [5, 5.41) is 2.87. The lowest BCUT2D eigenvalue weighted by Crippen LogP contribution is -2.12. The molecule has 0 bridgehead atoms. The van der Waals surface area contributed by atoms with Gasteiger partial charge in [0.25, 0.3) is 5.91 Å².